The molecule has 0 saturated heterocycles. The van der Waals surface area contributed by atoms with Gasteiger partial charge in [-0.15, -0.1) is 0 Å². The molecule has 8 nitrogen and oxygen atoms in total. The van der Waals surface area contributed by atoms with Crippen molar-refractivity contribution in [2.24, 2.45) is 0 Å². The van der Waals surface area contributed by atoms with E-state index in [0.717, 1.165) is 0 Å². The van der Waals surface area contributed by atoms with Gasteiger partial charge in [-0.3, -0.25) is 0 Å². The van der Waals surface area contributed by atoms with Gasteiger partial charge in [0.2, 0.25) is 11.5 Å². The summed E-state index contributed by atoms with van der Waals surface area (Å²) in [6.45, 7) is 8.06. The van der Waals surface area contributed by atoms with Crippen molar-refractivity contribution in [2.45, 2.75) is 27.7 Å². The van der Waals surface area contributed by atoms with E-state index in [4.69, 9.17) is 18.9 Å². The molecule has 2 rings (SSSR count). The van der Waals surface area contributed by atoms with Crippen LogP contribution in [0.2, 0.25) is 0 Å². The molecular formula is C20H25FN2O6. The van der Waals surface area contributed by atoms with E-state index < -0.39 is 18.0 Å². The van der Waals surface area contributed by atoms with Crippen LogP contribution < -0.4 is 29.6 Å². The first-order valence-electron chi connectivity index (χ1n) is 9.42. The lowest BCUT2D eigenvalue weighted by Crippen LogP contribution is -2.27. The lowest BCUT2D eigenvalue weighted by atomic mass is 10.1. The molecule has 9 heteroatoms. The second kappa shape index (κ2) is 10.4. The molecule has 2 aromatic carbocycles. The van der Waals surface area contributed by atoms with Crippen molar-refractivity contribution in [3.63, 3.8) is 0 Å². The predicted molar refractivity (Wildman–Crippen MR) is 106 cm³/mol. The third-order valence-electron chi connectivity index (χ3n) is 3.70. The Bertz CT molecular complexity index is 887. The molecule has 2 aromatic rings. The van der Waals surface area contributed by atoms with Crippen LogP contribution in [-0.4, -0.2) is 38.5 Å². The van der Waals surface area contributed by atoms with E-state index in [1.807, 2.05) is 0 Å². The molecule has 0 aliphatic heterocycles. The Kier molecular flexibility index (Phi) is 7.88. The number of amides is 2. The van der Waals surface area contributed by atoms with Crippen LogP contribution in [0.3, 0.4) is 0 Å². The van der Waals surface area contributed by atoms with Gasteiger partial charge in [0.15, 0.2) is 11.5 Å². The van der Waals surface area contributed by atoms with Crippen LogP contribution in [0, 0.1) is 5.82 Å². The molecule has 29 heavy (non-hydrogen) atoms. The van der Waals surface area contributed by atoms with Gasteiger partial charge >= 0.3 is 12.2 Å². The number of rotatable bonds is 8. The zero-order valence-corrected chi connectivity index (χ0v) is 16.9. The highest BCUT2D eigenvalue weighted by atomic mass is 19.1. The quantitative estimate of drug-likeness (QED) is 0.686. The predicted octanol–water partition coefficient (Wildman–Crippen LogP) is 3.99. The molecule has 0 atom stereocenters. The lowest BCUT2D eigenvalue weighted by Gasteiger charge is -2.21. The second-order valence-electron chi connectivity index (χ2n) is 5.71. The zero-order chi connectivity index (χ0) is 21.4. The second-order valence-corrected chi connectivity index (χ2v) is 5.71. The smallest absolute Gasteiger partial charge is 0.412 e. The van der Waals surface area contributed by atoms with E-state index in [1.54, 1.807) is 27.7 Å². The Morgan fingerprint density at radius 2 is 1.28 bits per heavy atom. The van der Waals surface area contributed by atoms with Crippen molar-refractivity contribution in [1.82, 2.24) is 10.6 Å². The van der Waals surface area contributed by atoms with Crippen molar-refractivity contribution >= 4 is 23.0 Å². The van der Waals surface area contributed by atoms with E-state index in [9.17, 15) is 14.0 Å². The molecule has 0 aliphatic carbocycles. The summed E-state index contributed by atoms with van der Waals surface area (Å²) < 4.78 is 36.3. The number of hydrogen-bond acceptors (Lipinski definition) is 6. The summed E-state index contributed by atoms with van der Waals surface area (Å²) in [5.41, 5.74) is 0. The lowest BCUT2D eigenvalue weighted by molar-refractivity contribution is 0.192. The third kappa shape index (κ3) is 5.18. The minimum Gasteiger partial charge on any atom is -0.487 e. The molecule has 2 amide bonds. The number of carbonyl (C=O) groups is 2. The first-order valence-corrected chi connectivity index (χ1v) is 9.42. The molecule has 0 aromatic heterocycles. The van der Waals surface area contributed by atoms with E-state index in [0.29, 0.717) is 18.5 Å². The molecule has 0 saturated carbocycles. The molecule has 0 fully saturated rings. The van der Waals surface area contributed by atoms with Gasteiger partial charge in [-0.05, 0) is 45.9 Å². The van der Waals surface area contributed by atoms with Gasteiger partial charge in [0.05, 0.1) is 13.2 Å². The molecule has 0 heterocycles. The van der Waals surface area contributed by atoms with Crippen molar-refractivity contribution in [3.8, 4) is 23.0 Å². The Balaban J connectivity index is 2.81. The number of benzene rings is 2. The van der Waals surface area contributed by atoms with Gasteiger partial charge < -0.3 is 29.6 Å². The first kappa shape index (κ1) is 22.1. The van der Waals surface area contributed by atoms with Gasteiger partial charge in [-0.2, -0.15) is 0 Å². The van der Waals surface area contributed by atoms with E-state index in [1.165, 1.54) is 18.2 Å². The normalized spacial score (nSPS) is 10.4. The van der Waals surface area contributed by atoms with E-state index in [-0.39, 0.29) is 41.6 Å². The van der Waals surface area contributed by atoms with E-state index >= 15 is 0 Å². The van der Waals surface area contributed by atoms with Crippen LogP contribution >= 0.6 is 0 Å². The summed E-state index contributed by atoms with van der Waals surface area (Å²) in [6.07, 6.45) is -1.45. The van der Waals surface area contributed by atoms with Gasteiger partial charge in [-0.25, -0.2) is 14.0 Å². The van der Waals surface area contributed by atoms with Crippen LogP contribution in [0.1, 0.15) is 27.7 Å². The largest absolute Gasteiger partial charge is 0.487 e. The number of carbonyl (C=O) groups excluding carboxylic acids is 2. The number of halogens is 1. The maximum Gasteiger partial charge on any atom is 0.412 e. The zero-order valence-electron chi connectivity index (χ0n) is 16.9. The highest BCUT2D eigenvalue weighted by Gasteiger charge is 2.27. The van der Waals surface area contributed by atoms with Gasteiger partial charge in [0.25, 0.3) is 0 Å². The van der Waals surface area contributed by atoms with Gasteiger partial charge in [0.1, 0.15) is 5.82 Å². The van der Waals surface area contributed by atoms with Crippen molar-refractivity contribution < 1.29 is 32.9 Å². The van der Waals surface area contributed by atoms with Crippen molar-refractivity contribution in [3.05, 3.63) is 24.0 Å². The third-order valence-corrected chi connectivity index (χ3v) is 3.70. The average molecular weight is 408 g/mol. The highest BCUT2D eigenvalue weighted by Crippen LogP contribution is 2.51. The fourth-order valence-corrected chi connectivity index (χ4v) is 2.65. The van der Waals surface area contributed by atoms with Gasteiger partial charge in [-0.1, -0.05) is 0 Å². The summed E-state index contributed by atoms with van der Waals surface area (Å²) in [5.74, 6) is -0.427. The molecule has 0 aliphatic rings. The minimum absolute atomic E-state index is 0.0287. The summed E-state index contributed by atoms with van der Waals surface area (Å²) in [4.78, 5) is 24.2. The van der Waals surface area contributed by atoms with Crippen LogP contribution in [0.4, 0.5) is 14.0 Å². The fraction of sp³-hybridized carbons (Fsp3) is 0.400. The highest BCUT2D eigenvalue weighted by molar-refractivity contribution is 6.01. The monoisotopic (exact) mass is 408 g/mol. The van der Waals surface area contributed by atoms with Crippen molar-refractivity contribution in [1.29, 1.82) is 0 Å². The Hall–Kier alpha value is -3.23. The summed E-state index contributed by atoms with van der Waals surface area (Å²) in [7, 11) is 0. The van der Waals surface area contributed by atoms with Crippen molar-refractivity contribution in [2.75, 3.05) is 26.3 Å². The van der Waals surface area contributed by atoms with E-state index in [2.05, 4.69) is 10.6 Å². The average Bonchev–Trinajstić information content (AvgIpc) is 2.67. The molecule has 2 N–H and O–H groups in total. The Morgan fingerprint density at radius 3 is 1.72 bits per heavy atom. The Labute approximate surface area is 168 Å². The number of ether oxygens (including phenoxy) is 4. The maximum absolute atomic E-state index is 14.0. The molecule has 158 valence electrons. The molecule has 0 radical (unpaired) electrons. The molecule has 0 bridgehead atoms. The molecule has 0 unspecified atom stereocenters. The summed E-state index contributed by atoms with van der Waals surface area (Å²) in [6, 6.07) is 3.80. The SMILES string of the molecule is CCNC(=O)Oc1c(OCC)c(OCC)c(OC(=O)NCC)c2cc(F)ccc12. The fourth-order valence-electron chi connectivity index (χ4n) is 2.65. The maximum atomic E-state index is 14.0. The topological polar surface area (TPSA) is 95.1 Å². The minimum atomic E-state index is -0.737. The van der Waals surface area contributed by atoms with Crippen LogP contribution in [0.5, 0.6) is 23.0 Å². The summed E-state index contributed by atoms with van der Waals surface area (Å²) in [5, 5.41) is 5.56. The standard InChI is InChI=1S/C20H25FN2O6/c1-5-22-19(24)28-15-13-10-9-12(21)11-14(13)16(29-20(25)23-6-2)18(27-8-4)17(15)26-7-3/h9-11H,5-8H2,1-4H3,(H,22,24)(H,23,25). The van der Waals surface area contributed by atoms with Crippen LogP contribution in [0.25, 0.3) is 10.8 Å². The Morgan fingerprint density at radius 1 is 0.793 bits per heavy atom. The number of nitrogens with one attached hydrogen (secondary N) is 2. The summed E-state index contributed by atoms with van der Waals surface area (Å²) >= 11 is 0. The first-order chi connectivity index (χ1) is 14.0. The van der Waals surface area contributed by atoms with Crippen LogP contribution in [-0.2, 0) is 0 Å². The van der Waals surface area contributed by atoms with Crippen LogP contribution in [0.15, 0.2) is 18.2 Å². The molecule has 0 spiro atoms. The molecular weight excluding hydrogens is 383 g/mol. The number of hydrogen-bond donors (Lipinski definition) is 2. The van der Waals surface area contributed by atoms with Gasteiger partial charge in [0, 0.05) is 23.9 Å². The number of fused-ring (bicyclic) bond motifs is 1.